The highest BCUT2D eigenvalue weighted by atomic mass is 16.6. The molecule has 140 valence electrons. The van der Waals surface area contributed by atoms with Crippen molar-refractivity contribution in [2.24, 2.45) is 23.3 Å². The average molecular weight is 354 g/mol. The first-order chi connectivity index (χ1) is 11.9. The van der Waals surface area contributed by atoms with E-state index in [9.17, 15) is 14.4 Å². The van der Waals surface area contributed by atoms with Gasteiger partial charge in [0.05, 0.1) is 20.1 Å². The van der Waals surface area contributed by atoms with E-state index in [4.69, 9.17) is 16.2 Å². The fourth-order valence-electron chi connectivity index (χ4n) is 3.30. The van der Waals surface area contributed by atoms with E-state index in [1.807, 2.05) is 0 Å². The van der Waals surface area contributed by atoms with Crippen LogP contribution in [0.15, 0.2) is 11.6 Å². The first-order valence-electron chi connectivity index (χ1n) is 8.49. The van der Waals surface area contributed by atoms with Crippen molar-refractivity contribution in [3.8, 4) is 0 Å². The van der Waals surface area contributed by atoms with Gasteiger partial charge in [-0.15, -0.1) is 0 Å². The SMILES string of the molecule is COC(=O)C[C@H](N)C(=O)OC(=O)[C@@H](N)COCCC1CC2=CCC1C2. The fraction of sp³-hybridized carbons (Fsp3) is 0.706. The van der Waals surface area contributed by atoms with Gasteiger partial charge in [0.25, 0.3) is 0 Å². The van der Waals surface area contributed by atoms with E-state index in [-0.39, 0.29) is 13.0 Å². The fourth-order valence-corrected chi connectivity index (χ4v) is 3.30. The quantitative estimate of drug-likeness (QED) is 0.257. The van der Waals surface area contributed by atoms with Gasteiger partial charge in [0.2, 0.25) is 0 Å². The van der Waals surface area contributed by atoms with Gasteiger partial charge in [-0.2, -0.15) is 0 Å². The maximum absolute atomic E-state index is 11.7. The summed E-state index contributed by atoms with van der Waals surface area (Å²) >= 11 is 0. The van der Waals surface area contributed by atoms with Crippen molar-refractivity contribution in [1.82, 2.24) is 0 Å². The Bertz CT molecular complexity index is 547. The molecule has 1 fully saturated rings. The molecule has 0 aromatic heterocycles. The summed E-state index contributed by atoms with van der Waals surface area (Å²) in [7, 11) is 1.17. The molecular formula is C17H26N2O6. The molecule has 0 amide bonds. The zero-order valence-corrected chi connectivity index (χ0v) is 14.4. The van der Waals surface area contributed by atoms with E-state index < -0.39 is 30.0 Å². The molecule has 8 nitrogen and oxygen atoms in total. The first-order valence-corrected chi connectivity index (χ1v) is 8.49. The second-order valence-corrected chi connectivity index (χ2v) is 6.62. The molecule has 0 heterocycles. The van der Waals surface area contributed by atoms with Crippen molar-refractivity contribution in [3.63, 3.8) is 0 Å². The number of nitrogens with two attached hydrogens (primary N) is 2. The van der Waals surface area contributed by atoms with Gasteiger partial charge in [0.1, 0.15) is 12.1 Å². The second kappa shape index (κ2) is 9.07. The lowest BCUT2D eigenvalue weighted by molar-refractivity contribution is -0.164. The highest BCUT2D eigenvalue weighted by Crippen LogP contribution is 2.45. The monoisotopic (exact) mass is 354 g/mol. The molecule has 2 unspecified atom stereocenters. The molecule has 4 atom stereocenters. The van der Waals surface area contributed by atoms with Gasteiger partial charge in [-0.05, 0) is 37.5 Å². The molecule has 0 aliphatic heterocycles. The molecule has 2 bridgehead atoms. The first kappa shape index (κ1) is 19.6. The molecule has 2 rings (SSSR count). The number of carbonyl (C=O) groups is 3. The molecule has 0 aromatic carbocycles. The minimum Gasteiger partial charge on any atom is -0.469 e. The van der Waals surface area contributed by atoms with E-state index in [0.717, 1.165) is 18.8 Å². The van der Waals surface area contributed by atoms with E-state index >= 15 is 0 Å². The Kier molecular flexibility index (Phi) is 7.10. The van der Waals surface area contributed by atoms with Gasteiger partial charge in [0, 0.05) is 6.61 Å². The Labute approximate surface area is 146 Å². The lowest BCUT2D eigenvalue weighted by Crippen LogP contribution is -2.42. The van der Waals surface area contributed by atoms with Crippen LogP contribution in [0.25, 0.3) is 0 Å². The molecule has 2 aliphatic carbocycles. The molecule has 0 spiro atoms. The highest BCUT2D eigenvalue weighted by molar-refractivity contribution is 5.92. The summed E-state index contributed by atoms with van der Waals surface area (Å²) in [6, 6.07) is -2.34. The largest absolute Gasteiger partial charge is 0.469 e. The van der Waals surface area contributed by atoms with Crippen LogP contribution in [0.5, 0.6) is 0 Å². The number of allylic oxidation sites excluding steroid dienone is 2. The van der Waals surface area contributed by atoms with E-state index in [2.05, 4.69) is 15.5 Å². The van der Waals surface area contributed by atoms with E-state index in [0.29, 0.717) is 12.5 Å². The Morgan fingerprint density at radius 3 is 2.52 bits per heavy atom. The van der Waals surface area contributed by atoms with Gasteiger partial charge in [0.15, 0.2) is 0 Å². The van der Waals surface area contributed by atoms with Crippen LogP contribution in [0.4, 0.5) is 0 Å². The number of fused-ring (bicyclic) bond motifs is 2. The molecule has 8 heteroatoms. The zero-order chi connectivity index (χ0) is 18.4. The summed E-state index contributed by atoms with van der Waals surface area (Å²) in [5.74, 6) is -1.20. The number of hydrogen-bond donors (Lipinski definition) is 2. The number of carbonyl (C=O) groups excluding carboxylic acids is 3. The number of ether oxygens (including phenoxy) is 3. The predicted molar refractivity (Wildman–Crippen MR) is 88.0 cm³/mol. The van der Waals surface area contributed by atoms with Crippen LogP contribution in [0.1, 0.15) is 32.1 Å². The number of esters is 3. The maximum atomic E-state index is 11.7. The maximum Gasteiger partial charge on any atom is 0.333 e. The summed E-state index contributed by atoms with van der Waals surface area (Å²) in [6.07, 6.45) is 6.43. The van der Waals surface area contributed by atoms with Crippen LogP contribution >= 0.6 is 0 Å². The molecule has 4 N–H and O–H groups in total. The molecule has 0 radical (unpaired) electrons. The zero-order valence-electron chi connectivity index (χ0n) is 14.4. The number of rotatable bonds is 9. The number of hydrogen-bond acceptors (Lipinski definition) is 8. The standard InChI is InChI=1S/C17H26N2O6/c1-23-15(20)8-13(18)16(21)25-17(22)14(19)9-24-5-4-12-7-10-2-3-11(12)6-10/h2,11-14H,3-9,18-19H2,1H3/t11?,12?,13-,14-/m0/s1. The van der Waals surface area contributed by atoms with Gasteiger partial charge in [-0.3, -0.25) is 4.79 Å². The van der Waals surface area contributed by atoms with Gasteiger partial charge < -0.3 is 25.7 Å². The van der Waals surface area contributed by atoms with Crippen molar-refractivity contribution in [1.29, 1.82) is 0 Å². The molecular weight excluding hydrogens is 328 g/mol. The van der Waals surface area contributed by atoms with E-state index in [1.54, 1.807) is 5.57 Å². The van der Waals surface area contributed by atoms with Gasteiger partial charge >= 0.3 is 17.9 Å². The van der Waals surface area contributed by atoms with Crippen LogP contribution < -0.4 is 11.5 Å². The Morgan fingerprint density at radius 1 is 1.20 bits per heavy atom. The van der Waals surface area contributed by atoms with Crippen molar-refractivity contribution in [3.05, 3.63) is 11.6 Å². The van der Waals surface area contributed by atoms with Crippen LogP contribution in [0.3, 0.4) is 0 Å². The summed E-state index contributed by atoms with van der Waals surface area (Å²) in [6.45, 7) is 0.490. The normalized spacial score (nSPS) is 23.7. The van der Waals surface area contributed by atoms with Crippen molar-refractivity contribution in [2.75, 3.05) is 20.3 Å². The number of methoxy groups -OCH3 is 1. The summed E-state index contributed by atoms with van der Waals surface area (Å²) in [5, 5.41) is 0. The Balaban J connectivity index is 1.60. The topological polar surface area (TPSA) is 131 Å². The average Bonchev–Trinajstić information content (AvgIpc) is 3.21. The van der Waals surface area contributed by atoms with Crippen molar-refractivity contribution in [2.45, 2.75) is 44.2 Å². The smallest absolute Gasteiger partial charge is 0.333 e. The van der Waals surface area contributed by atoms with Crippen LogP contribution in [-0.4, -0.2) is 50.3 Å². The highest BCUT2D eigenvalue weighted by Gasteiger charge is 2.33. The van der Waals surface area contributed by atoms with Crippen LogP contribution in [0, 0.1) is 11.8 Å². The molecule has 25 heavy (non-hydrogen) atoms. The molecule has 2 aliphatic rings. The van der Waals surface area contributed by atoms with Crippen LogP contribution in [-0.2, 0) is 28.6 Å². The van der Waals surface area contributed by atoms with Gasteiger partial charge in [-0.25, -0.2) is 9.59 Å². The van der Waals surface area contributed by atoms with Crippen molar-refractivity contribution >= 4 is 17.9 Å². The molecule has 1 saturated carbocycles. The third-order valence-corrected chi connectivity index (χ3v) is 4.78. The lowest BCUT2D eigenvalue weighted by Gasteiger charge is -2.19. The Morgan fingerprint density at radius 2 is 1.92 bits per heavy atom. The predicted octanol–water partition coefficient (Wildman–Crippen LogP) is 0.0369. The summed E-state index contributed by atoms with van der Waals surface area (Å²) in [5.41, 5.74) is 12.7. The molecule has 0 aromatic rings. The van der Waals surface area contributed by atoms with Crippen LogP contribution in [0.2, 0.25) is 0 Å². The third kappa shape index (κ3) is 5.62. The van der Waals surface area contributed by atoms with Crippen molar-refractivity contribution < 1.29 is 28.6 Å². The summed E-state index contributed by atoms with van der Waals surface area (Å²) in [4.78, 5) is 34.4. The minimum atomic E-state index is -1.27. The third-order valence-electron chi connectivity index (χ3n) is 4.78. The Hall–Kier alpha value is -1.77. The second-order valence-electron chi connectivity index (χ2n) is 6.62. The summed E-state index contributed by atoms with van der Waals surface area (Å²) < 4.78 is 14.4. The van der Waals surface area contributed by atoms with E-state index in [1.165, 1.54) is 20.0 Å². The van der Waals surface area contributed by atoms with Gasteiger partial charge in [-0.1, -0.05) is 11.6 Å². The molecule has 0 saturated heterocycles. The minimum absolute atomic E-state index is 0.0293. The lowest BCUT2D eigenvalue weighted by atomic mass is 9.89.